The van der Waals surface area contributed by atoms with Crippen LogP contribution in [0.5, 0.6) is 5.75 Å². The summed E-state index contributed by atoms with van der Waals surface area (Å²) in [5, 5.41) is 1.20. The standard InChI is InChI=1S/C18H14Cl2N2O4/c1-9-11-5-3-4-6-14(11)26-15(9)18(24)22-21-17(23)10-7-12(19)16(25-2)13(20)8-10/h3-8H,1-2H3,(H,21,23)(H,22,24). The Hall–Kier alpha value is -2.70. The zero-order valence-electron chi connectivity index (χ0n) is 13.9. The van der Waals surface area contributed by atoms with Crippen molar-refractivity contribution in [2.75, 3.05) is 7.11 Å². The minimum absolute atomic E-state index is 0.122. The minimum atomic E-state index is -0.585. The van der Waals surface area contributed by atoms with Gasteiger partial charge in [-0.2, -0.15) is 0 Å². The summed E-state index contributed by atoms with van der Waals surface area (Å²) < 4.78 is 10.6. The number of benzene rings is 2. The molecule has 0 radical (unpaired) electrons. The Morgan fingerprint density at radius 1 is 1.04 bits per heavy atom. The molecule has 0 saturated carbocycles. The van der Waals surface area contributed by atoms with Crippen LogP contribution in [0, 0.1) is 6.92 Å². The van der Waals surface area contributed by atoms with Gasteiger partial charge in [0, 0.05) is 16.5 Å². The van der Waals surface area contributed by atoms with E-state index in [1.807, 2.05) is 18.2 Å². The number of aryl methyl sites for hydroxylation is 1. The first kappa shape index (κ1) is 18.1. The normalized spacial score (nSPS) is 10.6. The maximum Gasteiger partial charge on any atom is 0.305 e. The van der Waals surface area contributed by atoms with Gasteiger partial charge in [0.2, 0.25) is 0 Å². The quantitative estimate of drug-likeness (QED) is 0.656. The van der Waals surface area contributed by atoms with Crippen molar-refractivity contribution in [3.05, 3.63) is 63.3 Å². The van der Waals surface area contributed by atoms with Gasteiger partial charge in [0.15, 0.2) is 11.5 Å². The van der Waals surface area contributed by atoms with E-state index >= 15 is 0 Å². The molecule has 6 nitrogen and oxygen atoms in total. The molecule has 134 valence electrons. The number of furan rings is 1. The predicted octanol–water partition coefficient (Wildman–Crippen LogP) is 4.13. The van der Waals surface area contributed by atoms with Gasteiger partial charge < -0.3 is 9.15 Å². The number of hydrogen-bond donors (Lipinski definition) is 2. The molecule has 26 heavy (non-hydrogen) atoms. The SMILES string of the molecule is COc1c(Cl)cc(C(=O)NNC(=O)c2oc3ccccc3c2C)cc1Cl. The van der Waals surface area contributed by atoms with Crippen LogP contribution in [0.1, 0.15) is 26.5 Å². The fourth-order valence-electron chi connectivity index (χ4n) is 2.52. The largest absolute Gasteiger partial charge is 0.494 e. The summed E-state index contributed by atoms with van der Waals surface area (Å²) in [7, 11) is 1.42. The Morgan fingerprint density at radius 3 is 2.27 bits per heavy atom. The summed E-state index contributed by atoms with van der Waals surface area (Å²) in [5.41, 5.74) is 6.07. The highest BCUT2D eigenvalue weighted by atomic mass is 35.5. The lowest BCUT2D eigenvalue weighted by Gasteiger charge is -2.10. The van der Waals surface area contributed by atoms with Crippen molar-refractivity contribution < 1.29 is 18.7 Å². The van der Waals surface area contributed by atoms with Crippen LogP contribution in [0.3, 0.4) is 0 Å². The number of para-hydroxylation sites is 1. The second kappa shape index (κ2) is 7.27. The van der Waals surface area contributed by atoms with Crippen LogP contribution in [0.2, 0.25) is 10.0 Å². The van der Waals surface area contributed by atoms with Crippen LogP contribution < -0.4 is 15.6 Å². The van der Waals surface area contributed by atoms with Gasteiger partial charge in [-0.3, -0.25) is 20.4 Å². The maximum atomic E-state index is 12.3. The number of carbonyl (C=O) groups is 2. The molecule has 0 unspecified atom stereocenters. The average Bonchev–Trinajstić information content (AvgIpc) is 2.96. The number of methoxy groups -OCH3 is 1. The third-order valence-electron chi connectivity index (χ3n) is 3.80. The van der Waals surface area contributed by atoms with Crippen LogP contribution in [-0.4, -0.2) is 18.9 Å². The van der Waals surface area contributed by atoms with Crippen molar-refractivity contribution in [2.45, 2.75) is 6.92 Å². The van der Waals surface area contributed by atoms with Crippen molar-refractivity contribution in [2.24, 2.45) is 0 Å². The fourth-order valence-corrected chi connectivity index (χ4v) is 3.16. The highest BCUT2D eigenvalue weighted by Crippen LogP contribution is 2.33. The van der Waals surface area contributed by atoms with Gasteiger partial charge in [-0.15, -0.1) is 0 Å². The van der Waals surface area contributed by atoms with Crippen molar-refractivity contribution in [1.29, 1.82) is 0 Å². The summed E-state index contributed by atoms with van der Waals surface area (Å²) in [5.74, 6) is -0.763. The molecule has 2 aromatic carbocycles. The average molecular weight is 393 g/mol. The molecule has 0 saturated heterocycles. The Balaban J connectivity index is 1.75. The number of halogens is 2. The van der Waals surface area contributed by atoms with Gasteiger partial charge in [0.25, 0.3) is 5.91 Å². The Kier molecular flexibility index (Phi) is 5.06. The number of rotatable bonds is 3. The number of hydrazine groups is 1. The Labute approximate surface area is 159 Å². The Bertz CT molecular complexity index is 991. The van der Waals surface area contributed by atoms with E-state index in [1.54, 1.807) is 13.0 Å². The third kappa shape index (κ3) is 3.34. The molecule has 0 spiro atoms. The van der Waals surface area contributed by atoms with Gasteiger partial charge in [-0.05, 0) is 25.1 Å². The van der Waals surface area contributed by atoms with E-state index in [2.05, 4.69) is 10.9 Å². The molecule has 2 amide bonds. The molecular weight excluding hydrogens is 379 g/mol. The molecule has 0 atom stereocenters. The van der Waals surface area contributed by atoms with E-state index in [0.717, 1.165) is 5.39 Å². The first-order valence-electron chi connectivity index (χ1n) is 7.54. The van der Waals surface area contributed by atoms with Crippen LogP contribution in [-0.2, 0) is 0 Å². The van der Waals surface area contributed by atoms with Gasteiger partial charge in [0.1, 0.15) is 5.58 Å². The predicted molar refractivity (Wildman–Crippen MR) is 98.9 cm³/mol. The molecule has 1 aromatic heterocycles. The number of carbonyl (C=O) groups excluding carboxylic acids is 2. The van der Waals surface area contributed by atoms with Crippen molar-refractivity contribution >= 4 is 46.0 Å². The van der Waals surface area contributed by atoms with Crippen LogP contribution >= 0.6 is 23.2 Å². The van der Waals surface area contributed by atoms with E-state index in [1.165, 1.54) is 19.2 Å². The van der Waals surface area contributed by atoms with E-state index in [4.69, 9.17) is 32.4 Å². The number of fused-ring (bicyclic) bond motifs is 1. The van der Waals surface area contributed by atoms with E-state index in [-0.39, 0.29) is 27.1 Å². The minimum Gasteiger partial charge on any atom is -0.494 e. The van der Waals surface area contributed by atoms with Crippen molar-refractivity contribution in [3.8, 4) is 5.75 Å². The highest BCUT2D eigenvalue weighted by molar-refractivity contribution is 6.37. The molecule has 3 rings (SSSR count). The molecule has 3 aromatic rings. The maximum absolute atomic E-state index is 12.3. The van der Waals surface area contributed by atoms with E-state index in [9.17, 15) is 9.59 Å². The number of amides is 2. The van der Waals surface area contributed by atoms with E-state index in [0.29, 0.717) is 11.1 Å². The van der Waals surface area contributed by atoms with Crippen LogP contribution in [0.15, 0.2) is 40.8 Å². The molecular formula is C18H14Cl2N2O4. The first-order chi connectivity index (χ1) is 12.4. The summed E-state index contributed by atoms with van der Waals surface area (Å²) in [6.07, 6.45) is 0. The second-order valence-electron chi connectivity index (χ2n) is 5.43. The topological polar surface area (TPSA) is 80.6 Å². The van der Waals surface area contributed by atoms with Gasteiger partial charge in [0.05, 0.1) is 17.2 Å². The molecule has 0 aliphatic carbocycles. The summed E-state index contributed by atoms with van der Waals surface area (Å²) >= 11 is 12.0. The molecule has 0 bridgehead atoms. The zero-order chi connectivity index (χ0) is 18.8. The fraction of sp³-hybridized carbons (Fsp3) is 0.111. The molecule has 0 aliphatic rings. The lowest BCUT2D eigenvalue weighted by atomic mass is 10.1. The number of nitrogens with one attached hydrogen (secondary N) is 2. The number of ether oxygens (including phenoxy) is 1. The van der Waals surface area contributed by atoms with Crippen LogP contribution in [0.4, 0.5) is 0 Å². The lowest BCUT2D eigenvalue weighted by Crippen LogP contribution is -2.41. The van der Waals surface area contributed by atoms with E-state index < -0.39 is 11.8 Å². The second-order valence-corrected chi connectivity index (χ2v) is 6.25. The first-order valence-corrected chi connectivity index (χ1v) is 8.29. The number of hydrogen-bond acceptors (Lipinski definition) is 4. The van der Waals surface area contributed by atoms with Gasteiger partial charge in [-0.25, -0.2) is 0 Å². The van der Waals surface area contributed by atoms with Crippen LogP contribution in [0.25, 0.3) is 11.0 Å². The van der Waals surface area contributed by atoms with Gasteiger partial charge in [-0.1, -0.05) is 41.4 Å². The van der Waals surface area contributed by atoms with Crippen molar-refractivity contribution in [1.82, 2.24) is 10.9 Å². The third-order valence-corrected chi connectivity index (χ3v) is 4.37. The Morgan fingerprint density at radius 2 is 1.65 bits per heavy atom. The van der Waals surface area contributed by atoms with Gasteiger partial charge >= 0.3 is 5.91 Å². The lowest BCUT2D eigenvalue weighted by molar-refractivity contribution is 0.0831. The molecule has 1 heterocycles. The molecule has 2 N–H and O–H groups in total. The molecule has 0 aliphatic heterocycles. The molecule has 8 heteroatoms. The monoisotopic (exact) mass is 392 g/mol. The highest BCUT2D eigenvalue weighted by Gasteiger charge is 2.19. The summed E-state index contributed by atoms with van der Waals surface area (Å²) in [6, 6.07) is 10.1. The van der Waals surface area contributed by atoms with Crippen molar-refractivity contribution in [3.63, 3.8) is 0 Å². The zero-order valence-corrected chi connectivity index (χ0v) is 15.4. The smallest absolute Gasteiger partial charge is 0.305 e. The molecule has 0 fully saturated rings. The summed E-state index contributed by atoms with van der Waals surface area (Å²) in [4.78, 5) is 24.5. The summed E-state index contributed by atoms with van der Waals surface area (Å²) in [6.45, 7) is 1.77.